The highest BCUT2D eigenvalue weighted by atomic mass is 35.5. The van der Waals surface area contributed by atoms with E-state index in [0.29, 0.717) is 0 Å². The zero-order valence-electron chi connectivity index (χ0n) is 13.6. The lowest BCUT2D eigenvalue weighted by Gasteiger charge is -2.41. The Morgan fingerprint density at radius 3 is 2.12 bits per heavy atom. The van der Waals surface area contributed by atoms with Crippen molar-refractivity contribution >= 4 is 34.6 Å². The minimum Gasteiger partial charge on any atom is -0.354 e. The summed E-state index contributed by atoms with van der Waals surface area (Å²) in [7, 11) is 0. The molecule has 128 valence electrons. The summed E-state index contributed by atoms with van der Waals surface area (Å²) in [5.74, 6) is -4.01. The number of halogens is 1. The standard InChI is InChI=1S/C16H16ClNO6/c1-15(2)13(20)11(14(21)16(3,4)24-15)12(19)9-6-5-8(17)7-10(9)18(22)23/h5-7,11H,1-4H3. The average Bonchev–Trinajstić information content (AvgIpc) is 2.44. The number of ketones is 3. The van der Waals surface area contributed by atoms with Crippen LogP contribution in [-0.2, 0) is 14.3 Å². The van der Waals surface area contributed by atoms with E-state index >= 15 is 0 Å². The first-order valence-electron chi connectivity index (χ1n) is 7.15. The van der Waals surface area contributed by atoms with Gasteiger partial charge in [-0.3, -0.25) is 24.5 Å². The number of nitrogens with zero attached hydrogens (tertiary/aromatic N) is 1. The van der Waals surface area contributed by atoms with Gasteiger partial charge < -0.3 is 4.74 Å². The van der Waals surface area contributed by atoms with Gasteiger partial charge in [0.25, 0.3) is 5.69 Å². The molecule has 0 unspecified atom stereocenters. The molecule has 8 heteroatoms. The number of Topliss-reactive ketones (excluding diaryl/α,β-unsaturated/α-hetero) is 3. The van der Waals surface area contributed by atoms with Gasteiger partial charge >= 0.3 is 0 Å². The van der Waals surface area contributed by atoms with Crippen LogP contribution in [0.3, 0.4) is 0 Å². The number of ether oxygens (including phenoxy) is 1. The zero-order chi connectivity index (χ0) is 18.4. The van der Waals surface area contributed by atoms with Gasteiger partial charge in [0, 0.05) is 11.1 Å². The van der Waals surface area contributed by atoms with E-state index < -0.39 is 45.1 Å². The summed E-state index contributed by atoms with van der Waals surface area (Å²) in [6.07, 6.45) is 0. The van der Waals surface area contributed by atoms with Crippen LogP contribution in [0.5, 0.6) is 0 Å². The number of benzene rings is 1. The Kier molecular flexibility index (Phi) is 4.37. The summed E-state index contributed by atoms with van der Waals surface area (Å²) in [5, 5.41) is 11.3. The maximum atomic E-state index is 12.8. The molecular weight excluding hydrogens is 338 g/mol. The molecule has 0 N–H and O–H groups in total. The fourth-order valence-corrected chi connectivity index (χ4v) is 2.98. The van der Waals surface area contributed by atoms with E-state index in [2.05, 4.69) is 0 Å². The maximum absolute atomic E-state index is 12.8. The third-order valence-electron chi connectivity index (χ3n) is 3.91. The van der Waals surface area contributed by atoms with Gasteiger partial charge in [-0.05, 0) is 39.8 Å². The van der Waals surface area contributed by atoms with Gasteiger partial charge in [0.1, 0.15) is 17.1 Å². The summed E-state index contributed by atoms with van der Waals surface area (Å²) in [6, 6.07) is 3.46. The van der Waals surface area contributed by atoms with E-state index in [-0.39, 0.29) is 10.6 Å². The van der Waals surface area contributed by atoms with E-state index in [9.17, 15) is 24.5 Å². The molecule has 0 radical (unpaired) electrons. The molecular formula is C16H16ClNO6. The van der Waals surface area contributed by atoms with Gasteiger partial charge in [0.2, 0.25) is 0 Å². The van der Waals surface area contributed by atoms with E-state index in [1.807, 2.05) is 0 Å². The third-order valence-corrected chi connectivity index (χ3v) is 4.14. The Balaban J connectivity index is 2.58. The molecule has 1 saturated heterocycles. The van der Waals surface area contributed by atoms with Gasteiger partial charge in [0.05, 0.1) is 10.5 Å². The number of nitro benzene ring substituents is 1. The second-order valence-electron chi connectivity index (χ2n) is 6.57. The molecule has 0 amide bonds. The lowest BCUT2D eigenvalue weighted by molar-refractivity contribution is -0.385. The fourth-order valence-electron chi connectivity index (χ4n) is 2.81. The molecule has 0 aliphatic carbocycles. The van der Waals surface area contributed by atoms with E-state index in [1.165, 1.54) is 33.8 Å². The van der Waals surface area contributed by atoms with Crippen molar-refractivity contribution in [3.8, 4) is 0 Å². The van der Waals surface area contributed by atoms with Crippen LogP contribution in [0.4, 0.5) is 5.69 Å². The summed E-state index contributed by atoms with van der Waals surface area (Å²) >= 11 is 5.73. The van der Waals surface area contributed by atoms with Crippen LogP contribution in [0.1, 0.15) is 38.1 Å². The third kappa shape index (κ3) is 2.97. The van der Waals surface area contributed by atoms with Gasteiger partial charge in [-0.1, -0.05) is 11.6 Å². The minimum absolute atomic E-state index is 0.0727. The molecule has 1 aromatic rings. The zero-order valence-corrected chi connectivity index (χ0v) is 14.3. The Labute approximate surface area is 143 Å². The maximum Gasteiger partial charge on any atom is 0.281 e. The molecule has 24 heavy (non-hydrogen) atoms. The monoisotopic (exact) mass is 353 g/mol. The number of hydrogen-bond donors (Lipinski definition) is 0. The average molecular weight is 354 g/mol. The minimum atomic E-state index is -1.65. The Hall–Kier alpha value is -2.12. The lowest BCUT2D eigenvalue weighted by atomic mass is 9.75. The first kappa shape index (κ1) is 18.2. The van der Waals surface area contributed by atoms with E-state index in [1.54, 1.807) is 0 Å². The molecule has 1 heterocycles. The highest BCUT2D eigenvalue weighted by Gasteiger charge is 2.55. The molecule has 0 spiro atoms. The first-order valence-corrected chi connectivity index (χ1v) is 7.53. The summed E-state index contributed by atoms with van der Waals surface area (Å²) in [4.78, 5) is 48.3. The quantitative estimate of drug-likeness (QED) is 0.358. The Morgan fingerprint density at radius 1 is 1.17 bits per heavy atom. The van der Waals surface area contributed by atoms with Crippen LogP contribution in [0, 0.1) is 16.0 Å². The van der Waals surface area contributed by atoms with Crippen molar-refractivity contribution < 1.29 is 24.0 Å². The number of carbonyl (C=O) groups excluding carboxylic acids is 3. The van der Waals surface area contributed by atoms with Gasteiger partial charge in [-0.25, -0.2) is 0 Å². The number of hydrogen-bond acceptors (Lipinski definition) is 6. The second-order valence-corrected chi connectivity index (χ2v) is 7.00. The molecule has 0 bridgehead atoms. The smallest absolute Gasteiger partial charge is 0.281 e. The van der Waals surface area contributed by atoms with Crippen molar-refractivity contribution in [2.24, 2.45) is 5.92 Å². The van der Waals surface area contributed by atoms with Gasteiger partial charge in [0.15, 0.2) is 17.3 Å². The Morgan fingerprint density at radius 2 is 1.67 bits per heavy atom. The highest BCUT2D eigenvalue weighted by Crippen LogP contribution is 2.36. The van der Waals surface area contributed by atoms with Crippen LogP contribution in [0.2, 0.25) is 5.02 Å². The highest BCUT2D eigenvalue weighted by molar-refractivity contribution is 6.32. The van der Waals surface area contributed by atoms with Crippen molar-refractivity contribution in [2.45, 2.75) is 38.9 Å². The lowest BCUT2D eigenvalue weighted by Crippen LogP contribution is -2.60. The Bertz CT molecular complexity index is 742. The van der Waals surface area contributed by atoms with Gasteiger partial charge in [-0.2, -0.15) is 0 Å². The predicted octanol–water partition coefficient (Wildman–Crippen LogP) is 2.77. The molecule has 0 aromatic heterocycles. The number of rotatable bonds is 3. The predicted molar refractivity (Wildman–Crippen MR) is 85.2 cm³/mol. The number of nitro groups is 1. The summed E-state index contributed by atoms with van der Waals surface area (Å²) in [6.45, 7) is 5.83. The van der Waals surface area contributed by atoms with Crippen LogP contribution in [0.15, 0.2) is 18.2 Å². The second kappa shape index (κ2) is 5.75. The summed E-state index contributed by atoms with van der Waals surface area (Å²) in [5.41, 5.74) is -3.60. The molecule has 1 aliphatic heterocycles. The van der Waals surface area contributed by atoms with Crippen LogP contribution < -0.4 is 0 Å². The molecule has 0 saturated carbocycles. The van der Waals surface area contributed by atoms with E-state index in [0.717, 1.165) is 12.1 Å². The van der Waals surface area contributed by atoms with Crippen LogP contribution >= 0.6 is 11.6 Å². The largest absolute Gasteiger partial charge is 0.354 e. The topological polar surface area (TPSA) is 104 Å². The summed E-state index contributed by atoms with van der Waals surface area (Å²) < 4.78 is 5.49. The van der Waals surface area contributed by atoms with Crippen molar-refractivity contribution in [1.82, 2.24) is 0 Å². The first-order chi connectivity index (χ1) is 10.9. The van der Waals surface area contributed by atoms with Crippen molar-refractivity contribution in [2.75, 3.05) is 0 Å². The molecule has 0 atom stereocenters. The molecule has 1 aromatic carbocycles. The SMILES string of the molecule is CC1(C)OC(C)(C)C(=O)C(C(=O)c2ccc(Cl)cc2[N+](=O)[O-])C1=O. The molecule has 7 nitrogen and oxygen atoms in total. The molecule has 1 fully saturated rings. The molecule has 1 aliphatic rings. The normalized spacial score (nSPS) is 20.0. The number of carbonyl (C=O) groups is 3. The van der Waals surface area contributed by atoms with Crippen molar-refractivity contribution in [3.63, 3.8) is 0 Å². The van der Waals surface area contributed by atoms with Crippen molar-refractivity contribution in [1.29, 1.82) is 0 Å². The molecule has 2 rings (SSSR count). The van der Waals surface area contributed by atoms with E-state index in [4.69, 9.17) is 16.3 Å². The van der Waals surface area contributed by atoms with Gasteiger partial charge in [-0.15, -0.1) is 0 Å². The van der Waals surface area contributed by atoms with Crippen LogP contribution in [-0.4, -0.2) is 33.5 Å². The van der Waals surface area contributed by atoms with Crippen LogP contribution in [0.25, 0.3) is 0 Å². The van der Waals surface area contributed by atoms with Crippen molar-refractivity contribution in [3.05, 3.63) is 38.9 Å². The fraction of sp³-hybridized carbons (Fsp3) is 0.438.